The van der Waals surface area contributed by atoms with Crippen LogP contribution in [-0.2, 0) is 0 Å². The third-order valence-electron chi connectivity index (χ3n) is 4.15. The molecule has 2 heteroatoms. The first-order valence-corrected chi connectivity index (χ1v) is 10.7. The molecule has 27 heavy (non-hydrogen) atoms. The summed E-state index contributed by atoms with van der Waals surface area (Å²) in [6, 6.07) is 42.2. The number of hydrogen-bond donors (Lipinski definition) is 0. The number of benzene rings is 4. The third-order valence-corrected chi connectivity index (χ3v) is 6.17. The van der Waals surface area contributed by atoms with Gasteiger partial charge in [0.25, 0.3) is 0 Å². The molecule has 4 rings (SSSR count). The molecule has 134 valence electrons. The molecular weight excluding hydrogens is 362 g/mol. The Balaban J connectivity index is 0.000000156. The van der Waals surface area contributed by atoms with Crippen molar-refractivity contribution < 1.29 is 0 Å². The van der Waals surface area contributed by atoms with Gasteiger partial charge in [-0.1, -0.05) is 130 Å². The standard InChI is InChI=1S/C13H13P.C12H11P/c14-13(11-7-3-1-4-8-11)12-9-5-2-6-10-12;1-3-7-11(8-4-1)13-12-9-5-2-6-10-12/h1-10,13H,14H2;1-10,13H. The Morgan fingerprint density at radius 2 is 0.741 bits per heavy atom. The van der Waals surface area contributed by atoms with E-state index in [4.69, 9.17) is 0 Å². The maximum Gasteiger partial charge on any atom is 0.0234 e. The molecule has 1 unspecified atom stereocenters. The normalized spacial score (nSPS) is 10.1. The first-order chi connectivity index (χ1) is 13.3. The van der Waals surface area contributed by atoms with Crippen molar-refractivity contribution in [2.45, 2.75) is 5.66 Å². The van der Waals surface area contributed by atoms with Crippen molar-refractivity contribution in [3.8, 4) is 0 Å². The lowest BCUT2D eigenvalue weighted by Crippen LogP contribution is -2.01. The zero-order valence-electron chi connectivity index (χ0n) is 15.2. The van der Waals surface area contributed by atoms with Crippen LogP contribution >= 0.6 is 17.8 Å². The largest absolute Gasteiger partial charge is 0.125 e. The zero-order valence-corrected chi connectivity index (χ0v) is 17.4. The lowest BCUT2D eigenvalue weighted by molar-refractivity contribution is 1.16. The van der Waals surface area contributed by atoms with Gasteiger partial charge in [0.15, 0.2) is 0 Å². The van der Waals surface area contributed by atoms with Crippen LogP contribution in [0.15, 0.2) is 121 Å². The Labute approximate surface area is 166 Å². The highest BCUT2D eigenvalue weighted by Gasteiger charge is 2.06. The van der Waals surface area contributed by atoms with Crippen LogP contribution in [0.5, 0.6) is 0 Å². The van der Waals surface area contributed by atoms with Crippen molar-refractivity contribution in [3.05, 3.63) is 132 Å². The molecule has 0 nitrogen and oxygen atoms in total. The van der Waals surface area contributed by atoms with Crippen LogP contribution < -0.4 is 10.6 Å². The van der Waals surface area contributed by atoms with Crippen LogP contribution in [0.1, 0.15) is 16.8 Å². The maximum atomic E-state index is 2.89. The molecule has 0 aromatic heterocycles. The molecule has 0 radical (unpaired) electrons. The SMILES string of the molecule is PC(c1ccccc1)c1ccccc1.c1ccc(Pc2ccccc2)cc1. The van der Waals surface area contributed by atoms with E-state index in [-0.39, 0.29) is 0 Å². The summed E-state index contributed by atoms with van der Waals surface area (Å²) in [5.74, 6) is 0. The second-order valence-electron chi connectivity index (χ2n) is 6.16. The second kappa shape index (κ2) is 10.8. The maximum absolute atomic E-state index is 2.89. The van der Waals surface area contributed by atoms with E-state index in [0.29, 0.717) is 5.66 Å². The Hall–Kier alpha value is -2.26. The molecule has 4 aromatic rings. The summed E-state index contributed by atoms with van der Waals surface area (Å²) in [6.45, 7) is 0. The van der Waals surface area contributed by atoms with Gasteiger partial charge in [-0.2, -0.15) is 0 Å². The monoisotopic (exact) mass is 386 g/mol. The van der Waals surface area contributed by atoms with Gasteiger partial charge in [-0.25, -0.2) is 0 Å². The molecule has 0 saturated carbocycles. The van der Waals surface area contributed by atoms with Crippen LogP contribution in [0, 0.1) is 0 Å². The fourth-order valence-electron chi connectivity index (χ4n) is 2.72. The van der Waals surface area contributed by atoms with Crippen LogP contribution in [0.3, 0.4) is 0 Å². The van der Waals surface area contributed by atoms with E-state index < -0.39 is 0 Å². The first-order valence-electron chi connectivity index (χ1n) is 9.05. The smallest absolute Gasteiger partial charge is 0.0234 e. The van der Waals surface area contributed by atoms with Crippen LogP contribution in [-0.4, -0.2) is 0 Å². The van der Waals surface area contributed by atoms with E-state index >= 15 is 0 Å². The minimum Gasteiger partial charge on any atom is -0.125 e. The highest BCUT2D eigenvalue weighted by atomic mass is 31.1. The Morgan fingerprint density at radius 3 is 1.07 bits per heavy atom. The van der Waals surface area contributed by atoms with E-state index in [1.807, 2.05) is 12.1 Å². The summed E-state index contributed by atoms with van der Waals surface area (Å²) < 4.78 is 0. The first kappa shape index (κ1) is 19.5. The van der Waals surface area contributed by atoms with Gasteiger partial charge in [0.1, 0.15) is 0 Å². The number of rotatable bonds is 4. The van der Waals surface area contributed by atoms with Crippen molar-refractivity contribution in [1.29, 1.82) is 0 Å². The molecule has 0 aliphatic carbocycles. The molecule has 0 heterocycles. The van der Waals surface area contributed by atoms with Crippen LogP contribution in [0.25, 0.3) is 0 Å². The van der Waals surface area contributed by atoms with Gasteiger partial charge >= 0.3 is 0 Å². The fourth-order valence-corrected chi connectivity index (χ4v) is 4.22. The summed E-state index contributed by atoms with van der Waals surface area (Å²) in [5.41, 5.74) is 3.07. The van der Waals surface area contributed by atoms with Crippen LogP contribution in [0.2, 0.25) is 0 Å². The lowest BCUT2D eigenvalue weighted by atomic mass is 10.0. The summed E-state index contributed by atoms with van der Waals surface area (Å²) in [7, 11) is 3.66. The summed E-state index contributed by atoms with van der Waals surface area (Å²) in [4.78, 5) is 0. The van der Waals surface area contributed by atoms with Gasteiger partial charge in [0.2, 0.25) is 0 Å². The van der Waals surface area contributed by atoms with Gasteiger partial charge < -0.3 is 0 Å². The van der Waals surface area contributed by atoms with Crippen molar-refractivity contribution in [2.24, 2.45) is 0 Å². The van der Waals surface area contributed by atoms with Gasteiger partial charge in [0.05, 0.1) is 0 Å². The van der Waals surface area contributed by atoms with Crippen molar-refractivity contribution in [3.63, 3.8) is 0 Å². The van der Waals surface area contributed by atoms with Gasteiger partial charge in [0, 0.05) is 5.66 Å². The molecule has 1 atom stereocenters. The topological polar surface area (TPSA) is 0 Å². The number of hydrogen-bond acceptors (Lipinski definition) is 0. The molecule has 0 fully saturated rings. The van der Waals surface area contributed by atoms with E-state index in [2.05, 4.69) is 118 Å². The molecule has 0 N–H and O–H groups in total. The molecule has 0 spiro atoms. The van der Waals surface area contributed by atoms with Crippen LogP contribution in [0.4, 0.5) is 0 Å². The molecule has 0 amide bonds. The molecule has 0 saturated heterocycles. The fraction of sp³-hybridized carbons (Fsp3) is 0.0400. The van der Waals surface area contributed by atoms with E-state index in [0.717, 1.165) is 8.58 Å². The molecule has 0 aliphatic heterocycles. The molecular formula is C25H24P2. The quantitative estimate of drug-likeness (QED) is 0.379. The predicted octanol–water partition coefficient (Wildman–Crippen LogP) is 5.97. The predicted molar refractivity (Wildman–Crippen MR) is 125 cm³/mol. The molecule has 0 bridgehead atoms. The Morgan fingerprint density at radius 1 is 0.444 bits per heavy atom. The highest BCUT2D eigenvalue weighted by molar-refractivity contribution is 7.55. The Kier molecular flexibility index (Phi) is 7.79. The second-order valence-corrected chi connectivity index (χ2v) is 8.23. The highest BCUT2D eigenvalue weighted by Crippen LogP contribution is 2.30. The Bertz CT molecular complexity index is 815. The average molecular weight is 386 g/mol. The van der Waals surface area contributed by atoms with Gasteiger partial charge in [-0.05, 0) is 21.7 Å². The average Bonchev–Trinajstić information content (AvgIpc) is 2.76. The summed E-state index contributed by atoms with van der Waals surface area (Å²) in [6.07, 6.45) is 0. The third kappa shape index (κ3) is 6.44. The molecule has 4 aromatic carbocycles. The molecule has 0 aliphatic rings. The zero-order chi connectivity index (χ0) is 18.7. The minimum atomic E-state index is 0.400. The summed E-state index contributed by atoms with van der Waals surface area (Å²) in [5, 5.41) is 2.79. The van der Waals surface area contributed by atoms with E-state index in [1.165, 1.54) is 21.7 Å². The van der Waals surface area contributed by atoms with Gasteiger partial charge in [-0.3, -0.25) is 0 Å². The van der Waals surface area contributed by atoms with Gasteiger partial charge in [-0.15, -0.1) is 9.24 Å². The lowest BCUT2D eigenvalue weighted by Gasteiger charge is -2.11. The summed E-state index contributed by atoms with van der Waals surface area (Å²) >= 11 is 0. The van der Waals surface area contributed by atoms with E-state index in [1.54, 1.807) is 0 Å². The minimum absolute atomic E-state index is 0.400. The van der Waals surface area contributed by atoms with Crippen molar-refractivity contribution in [2.75, 3.05) is 0 Å². The van der Waals surface area contributed by atoms with Crippen molar-refractivity contribution >= 4 is 28.4 Å². The van der Waals surface area contributed by atoms with Crippen molar-refractivity contribution in [1.82, 2.24) is 0 Å². The van der Waals surface area contributed by atoms with E-state index in [9.17, 15) is 0 Å².